The van der Waals surface area contributed by atoms with Crippen LogP contribution in [0.4, 0.5) is 5.69 Å². The third kappa shape index (κ3) is 5.84. The van der Waals surface area contributed by atoms with Crippen molar-refractivity contribution in [3.8, 4) is 11.5 Å². The molecule has 0 saturated carbocycles. The summed E-state index contributed by atoms with van der Waals surface area (Å²) in [5, 5.41) is 3.94. The summed E-state index contributed by atoms with van der Waals surface area (Å²) >= 11 is 0. The third-order valence-electron chi connectivity index (χ3n) is 3.32. The van der Waals surface area contributed by atoms with Crippen molar-refractivity contribution in [3.63, 3.8) is 0 Å². The van der Waals surface area contributed by atoms with Crippen molar-refractivity contribution in [1.29, 1.82) is 0 Å². The molecule has 0 radical (unpaired) electrons. The molecule has 0 saturated heterocycles. The highest BCUT2D eigenvalue weighted by molar-refractivity contribution is 5.83. The van der Waals surface area contributed by atoms with Crippen LogP contribution in [0.15, 0.2) is 53.6 Å². The van der Waals surface area contributed by atoms with Gasteiger partial charge >= 0.3 is 0 Å². The Balaban J connectivity index is 1.82. The fourth-order valence-corrected chi connectivity index (χ4v) is 2.06. The zero-order valence-corrected chi connectivity index (χ0v) is 14.7. The van der Waals surface area contributed by atoms with Crippen LogP contribution in [0.5, 0.6) is 11.5 Å². The number of benzene rings is 2. The summed E-state index contributed by atoms with van der Waals surface area (Å²) in [6.45, 7) is 2.29. The van der Waals surface area contributed by atoms with E-state index in [0.29, 0.717) is 18.1 Å². The summed E-state index contributed by atoms with van der Waals surface area (Å²) in [4.78, 5) is 13.8. The van der Waals surface area contributed by atoms with Crippen LogP contribution in [0.1, 0.15) is 12.5 Å². The summed E-state index contributed by atoms with van der Waals surface area (Å²) in [6.07, 6.45) is 1.59. The first-order valence-corrected chi connectivity index (χ1v) is 8.04. The van der Waals surface area contributed by atoms with Crippen molar-refractivity contribution in [2.75, 3.05) is 32.2 Å². The lowest BCUT2D eigenvalue weighted by Crippen LogP contribution is -2.24. The number of anilines is 1. The number of ether oxygens (including phenoxy) is 2. The fraction of sp³-hybridized carbons (Fsp3) is 0.263. The zero-order chi connectivity index (χ0) is 18.1. The first kappa shape index (κ1) is 18.3. The number of hydrazone groups is 1. The topological polar surface area (TPSA) is 63.2 Å². The van der Waals surface area contributed by atoms with Gasteiger partial charge in [0, 0.05) is 19.8 Å². The van der Waals surface area contributed by atoms with Gasteiger partial charge in [0.25, 0.3) is 5.91 Å². The van der Waals surface area contributed by atoms with E-state index in [1.807, 2.05) is 62.3 Å². The normalized spacial score (nSPS) is 10.5. The SMILES string of the molecule is CCOc1ccccc1OCC(=O)N/N=C/c1ccc(N(C)C)cc1. The van der Waals surface area contributed by atoms with Crippen LogP contribution in [0, 0.1) is 0 Å². The summed E-state index contributed by atoms with van der Waals surface area (Å²) < 4.78 is 10.9. The molecule has 2 aromatic rings. The van der Waals surface area contributed by atoms with Gasteiger partial charge < -0.3 is 14.4 Å². The van der Waals surface area contributed by atoms with Crippen molar-refractivity contribution in [2.45, 2.75) is 6.92 Å². The maximum absolute atomic E-state index is 11.8. The number of carbonyl (C=O) groups excluding carboxylic acids is 1. The summed E-state index contributed by atoms with van der Waals surface area (Å²) in [6, 6.07) is 15.1. The van der Waals surface area contributed by atoms with E-state index >= 15 is 0 Å². The van der Waals surface area contributed by atoms with Gasteiger partial charge in [-0.25, -0.2) is 5.43 Å². The predicted molar refractivity (Wildman–Crippen MR) is 99.6 cm³/mol. The van der Waals surface area contributed by atoms with Crippen LogP contribution in [-0.4, -0.2) is 39.4 Å². The molecule has 1 N–H and O–H groups in total. The van der Waals surface area contributed by atoms with Gasteiger partial charge in [0.15, 0.2) is 18.1 Å². The molecule has 6 nitrogen and oxygen atoms in total. The number of hydrogen-bond donors (Lipinski definition) is 1. The summed E-state index contributed by atoms with van der Waals surface area (Å²) in [5.41, 5.74) is 4.44. The van der Waals surface area contributed by atoms with Crippen molar-refractivity contribution in [1.82, 2.24) is 5.43 Å². The lowest BCUT2D eigenvalue weighted by Gasteiger charge is -2.11. The number of nitrogens with one attached hydrogen (secondary N) is 1. The molecule has 0 spiro atoms. The predicted octanol–water partition coefficient (Wildman–Crippen LogP) is 2.68. The van der Waals surface area contributed by atoms with Gasteiger partial charge in [-0.15, -0.1) is 0 Å². The molecular formula is C19H23N3O3. The van der Waals surface area contributed by atoms with Crippen LogP contribution < -0.4 is 19.8 Å². The zero-order valence-electron chi connectivity index (χ0n) is 14.7. The molecule has 25 heavy (non-hydrogen) atoms. The van der Waals surface area contributed by atoms with E-state index in [-0.39, 0.29) is 12.5 Å². The molecule has 0 aliphatic heterocycles. The molecule has 132 valence electrons. The van der Waals surface area contributed by atoms with Crippen LogP contribution in [-0.2, 0) is 4.79 Å². The monoisotopic (exact) mass is 341 g/mol. The standard InChI is InChI=1S/C19H23N3O3/c1-4-24-17-7-5-6-8-18(17)25-14-19(23)21-20-13-15-9-11-16(12-10-15)22(2)3/h5-13H,4,14H2,1-3H3,(H,21,23)/b20-13+. The molecule has 0 aromatic heterocycles. The molecule has 2 aromatic carbocycles. The lowest BCUT2D eigenvalue weighted by molar-refractivity contribution is -0.123. The van der Waals surface area contributed by atoms with Crippen LogP contribution in [0.25, 0.3) is 0 Å². The number of amides is 1. The second-order valence-corrected chi connectivity index (χ2v) is 5.45. The molecule has 0 aliphatic carbocycles. The molecule has 6 heteroatoms. The van der Waals surface area contributed by atoms with E-state index in [1.54, 1.807) is 18.3 Å². The Morgan fingerprint density at radius 2 is 1.72 bits per heavy atom. The molecule has 0 bridgehead atoms. The van der Waals surface area contributed by atoms with E-state index in [0.717, 1.165) is 11.3 Å². The first-order chi connectivity index (χ1) is 12.1. The van der Waals surface area contributed by atoms with E-state index in [2.05, 4.69) is 10.5 Å². The number of nitrogens with zero attached hydrogens (tertiary/aromatic N) is 2. The smallest absolute Gasteiger partial charge is 0.277 e. The maximum atomic E-state index is 11.8. The highest BCUT2D eigenvalue weighted by atomic mass is 16.5. The summed E-state index contributed by atoms with van der Waals surface area (Å²) in [7, 11) is 3.96. The van der Waals surface area contributed by atoms with Crippen LogP contribution in [0.2, 0.25) is 0 Å². The third-order valence-corrected chi connectivity index (χ3v) is 3.32. The van der Waals surface area contributed by atoms with Gasteiger partial charge in [-0.3, -0.25) is 4.79 Å². The Morgan fingerprint density at radius 3 is 2.32 bits per heavy atom. The van der Waals surface area contributed by atoms with E-state index in [1.165, 1.54) is 0 Å². The van der Waals surface area contributed by atoms with Gasteiger partial charge in [0.2, 0.25) is 0 Å². The van der Waals surface area contributed by atoms with Crippen molar-refractivity contribution >= 4 is 17.8 Å². The number of rotatable bonds is 8. The Hall–Kier alpha value is -3.02. The number of carbonyl (C=O) groups is 1. The Bertz CT molecular complexity index is 712. The second-order valence-electron chi connectivity index (χ2n) is 5.45. The van der Waals surface area contributed by atoms with Gasteiger partial charge in [-0.2, -0.15) is 5.10 Å². The van der Waals surface area contributed by atoms with E-state index < -0.39 is 0 Å². The lowest BCUT2D eigenvalue weighted by atomic mass is 10.2. The molecule has 2 rings (SSSR count). The maximum Gasteiger partial charge on any atom is 0.277 e. The van der Waals surface area contributed by atoms with Crippen LogP contribution >= 0.6 is 0 Å². The minimum atomic E-state index is -0.340. The minimum Gasteiger partial charge on any atom is -0.490 e. The Kier molecular flexibility index (Phi) is 6.83. The van der Waals surface area contributed by atoms with Crippen molar-refractivity contribution < 1.29 is 14.3 Å². The fourth-order valence-electron chi connectivity index (χ4n) is 2.06. The molecule has 1 amide bonds. The van der Waals surface area contributed by atoms with E-state index in [9.17, 15) is 4.79 Å². The average molecular weight is 341 g/mol. The largest absolute Gasteiger partial charge is 0.490 e. The Labute approximate surface area is 148 Å². The first-order valence-electron chi connectivity index (χ1n) is 8.04. The molecule has 0 fully saturated rings. The quantitative estimate of drug-likeness (QED) is 0.592. The van der Waals surface area contributed by atoms with E-state index in [4.69, 9.17) is 9.47 Å². The molecule has 0 unspecified atom stereocenters. The van der Waals surface area contributed by atoms with Crippen molar-refractivity contribution in [3.05, 3.63) is 54.1 Å². The summed E-state index contributed by atoms with van der Waals surface area (Å²) in [5.74, 6) is 0.803. The minimum absolute atomic E-state index is 0.138. The highest BCUT2D eigenvalue weighted by Crippen LogP contribution is 2.26. The highest BCUT2D eigenvalue weighted by Gasteiger charge is 2.06. The van der Waals surface area contributed by atoms with Gasteiger partial charge in [0.1, 0.15) is 0 Å². The average Bonchev–Trinajstić information content (AvgIpc) is 2.62. The number of hydrogen-bond acceptors (Lipinski definition) is 5. The Morgan fingerprint density at radius 1 is 1.08 bits per heavy atom. The molecular weight excluding hydrogens is 318 g/mol. The molecule has 0 heterocycles. The molecule has 0 atom stereocenters. The number of para-hydroxylation sites is 2. The van der Waals surface area contributed by atoms with Gasteiger partial charge in [-0.1, -0.05) is 24.3 Å². The van der Waals surface area contributed by atoms with Gasteiger partial charge in [0.05, 0.1) is 12.8 Å². The van der Waals surface area contributed by atoms with Crippen molar-refractivity contribution in [2.24, 2.45) is 5.10 Å². The van der Waals surface area contributed by atoms with Gasteiger partial charge in [-0.05, 0) is 36.8 Å². The second kappa shape index (κ2) is 9.32. The molecule has 0 aliphatic rings. The van der Waals surface area contributed by atoms with Crippen LogP contribution in [0.3, 0.4) is 0 Å².